The second kappa shape index (κ2) is 12.0. The summed E-state index contributed by atoms with van der Waals surface area (Å²) in [5, 5.41) is 17.9. The molecule has 2 aromatic carbocycles. The number of anilines is 1. The van der Waals surface area contributed by atoms with E-state index >= 15 is 0 Å². The monoisotopic (exact) mass is 566 g/mol. The third-order valence-electron chi connectivity index (χ3n) is 5.63. The molecule has 4 rings (SSSR count). The van der Waals surface area contributed by atoms with Gasteiger partial charge in [0.05, 0.1) is 28.3 Å². The van der Waals surface area contributed by atoms with Gasteiger partial charge in [0.2, 0.25) is 10.0 Å². The summed E-state index contributed by atoms with van der Waals surface area (Å²) in [6.45, 7) is -0.129. The van der Waals surface area contributed by atoms with E-state index in [1.165, 1.54) is 29.2 Å². The molecule has 0 N–H and O–H groups in total. The molecule has 0 aliphatic carbocycles. The fourth-order valence-corrected chi connectivity index (χ4v) is 6.18. The second-order valence-electron chi connectivity index (χ2n) is 8.23. The number of rotatable bonds is 10. The van der Waals surface area contributed by atoms with Crippen LogP contribution in [0.4, 0.5) is 13.9 Å². The highest BCUT2D eigenvalue weighted by Crippen LogP contribution is 2.33. The molecule has 0 saturated carbocycles. The Balaban J connectivity index is 1.68. The van der Waals surface area contributed by atoms with E-state index in [-0.39, 0.29) is 58.3 Å². The Morgan fingerprint density at radius 1 is 1.03 bits per heavy atom. The maximum absolute atomic E-state index is 14.3. The Kier molecular flexibility index (Phi) is 8.56. The van der Waals surface area contributed by atoms with Gasteiger partial charge in [0.15, 0.2) is 10.9 Å². The van der Waals surface area contributed by atoms with Gasteiger partial charge in [-0.25, -0.2) is 22.2 Å². The number of aromatic nitrogens is 2. The number of sulfonamides is 1. The molecule has 0 bridgehead atoms. The smallest absolute Gasteiger partial charge is 0.260 e. The fraction of sp³-hybridized carbons (Fsp3) is 0.192. The van der Waals surface area contributed by atoms with Crippen LogP contribution in [-0.4, -0.2) is 41.7 Å². The summed E-state index contributed by atoms with van der Waals surface area (Å²) in [5.41, 5.74) is 0.711. The zero-order valence-electron chi connectivity index (χ0n) is 20.3. The van der Waals surface area contributed by atoms with Crippen molar-refractivity contribution in [2.75, 3.05) is 18.0 Å². The van der Waals surface area contributed by atoms with Crippen molar-refractivity contribution in [2.45, 2.75) is 24.3 Å². The molecule has 0 radical (unpaired) electrons. The molecular weight excluding hydrogens is 546 g/mol. The summed E-state index contributed by atoms with van der Waals surface area (Å²) >= 11 is 0.941. The summed E-state index contributed by atoms with van der Waals surface area (Å²) in [7, 11) is -4.02. The molecule has 0 aliphatic rings. The predicted octanol–water partition coefficient (Wildman–Crippen LogP) is 4.63. The number of pyridine rings is 1. The van der Waals surface area contributed by atoms with Crippen molar-refractivity contribution in [1.82, 2.24) is 14.3 Å². The first-order valence-corrected chi connectivity index (χ1v) is 13.8. The first kappa shape index (κ1) is 27.7. The van der Waals surface area contributed by atoms with E-state index in [1.54, 1.807) is 24.5 Å². The molecule has 0 saturated heterocycles. The summed E-state index contributed by atoms with van der Waals surface area (Å²) in [4.78, 5) is 23.1. The Morgan fingerprint density at radius 3 is 2.33 bits per heavy atom. The SMILES string of the molecule is N#CCCN(CCC#N)S(=O)(=O)c1ccc(C(=O)N(Cc2cccnc2)c2nc3c(F)cc(F)cc3s2)cc1. The van der Waals surface area contributed by atoms with Crippen LogP contribution in [0.3, 0.4) is 0 Å². The highest BCUT2D eigenvalue weighted by molar-refractivity contribution is 7.89. The summed E-state index contributed by atoms with van der Waals surface area (Å²) in [5.74, 6) is -2.17. The van der Waals surface area contributed by atoms with Crippen LogP contribution < -0.4 is 4.90 Å². The van der Waals surface area contributed by atoms with Crippen LogP contribution in [0, 0.1) is 34.3 Å². The van der Waals surface area contributed by atoms with Gasteiger partial charge in [-0.15, -0.1) is 0 Å². The Bertz CT molecular complexity index is 1660. The first-order chi connectivity index (χ1) is 18.7. The van der Waals surface area contributed by atoms with Crippen LogP contribution in [0.1, 0.15) is 28.8 Å². The average Bonchev–Trinajstić information content (AvgIpc) is 3.36. The predicted molar refractivity (Wildman–Crippen MR) is 140 cm³/mol. The van der Waals surface area contributed by atoms with E-state index in [0.29, 0.717) is 5.56 Å². The molecule has 1 amide bonds. The lowest BCUT2D eigenvalue weighted by molar-refractivity contribution is 0.0985. The Hall–Kier alpha value is -4.30. The summed E-state index contributed by atoms with van der Waals surface area (Å²) < 4.78 is 55.6. The van der Waals surface area contributed by atoms with Crippen molar-refractivity contribution >= 4 is 42.6 Å². The molecule has 2 heterocycles. The van der Waals surface area contributed by atoms with Gasteiger partial charge < -0.3 is 0 Å². The lowest BCUT2D eigenvalue weighted by Crippen LogP contribution is -2.33. The lowest BCUT2D eigenvalue weighted by Gasteiger charge is -2.21. The molecule has 2 aromatic heterocycles. The number of nitrogens with zero attached hydrogens (tertiary/aromatic N) is 6. The van der Waals surface area contributed by atoms with Gasteiger partial charge in [-0.05, 0) is 42.0 Å². The van der Waals surface area contributed by atoms with Gasteiger partial charge in [-0.1, -0.05) is 17.4 Å². The Morgan fingerprint density at radius 2 is 1.72 bits per heavy atom. The number of benzene rings is 2. The van der Waals surface area contributed by atoms with Gasteiger partial charge in [0.1, 0.15) is 11.3 Å². The topological polar surface area (TPSA) is 131 Å². The van der Waals surface area contributed by atoms with Gasteiger partial charge >= 0.3 is 0 Å². The zero-order valence-corrected chi connectivity index (χ0v) is 21.9. The molecule has 4 aromatic rings. The van der Waals surface area contributed by atoms with Crippen LogP contribution in [0.15, 0.2) is 65.8 Å². The van der Waals surface area contributed by atoms with E-state index in [2.05, 4.69) is 9.97 Å². The zero-order chi connectivity index (χ0) is 28.0. The van der Waals surface area contributed by atoms with Gasteiger partial charge in [-0.2, -0.15) is 14.8 Å². The number of carbonyl (C=O) groups excluding carboxylic acids is 1. The van der Waals surface area contributed by atoms with Crippen LogP contribution in [0.25, 0.3) is 10.2 Å². The van der Waals surface area contributed by atoms with Crippen molar-refractivity contribution in [2.24, 2.45) is 0 Å². The molecule has 0 aliphatic heterocycles. The molecule has 0 atom stereocenters. The summed E-state index contributed by atoms with van der Waals surface area (Å²) in [6, 6.07) is 14.3. The van der Waals surface area contributed by atoms with Gasteiger partial charge in [0.25, 0.3) is 5.91 Å². The second-order valence-corrected chi connectivity index (χ2v) is 11.2. The minimum atomic E-state index is -4.02. The molecular formula is C26H20F2N6O3S2. The van der Waals surface area contributed by atoms with Crippen LogP contribution in [0.2, 0.25) is 0 Å². The average molecular weight is 567 g/mol. The largest absolute Gasteiger partial charge is 0.279 e. The highest BCUT2D eigenvalue weighted by Gasteiger charge is 2.26. The number of hydrogen-bond acceptors (Lipinski definition) is 8. The van der Waals surface area contributed by atoms with Crippen molar-refractivity contribution in [3.63, 3.8) is 0 Å². The number of hydrogen-bond donors (Lipinski definition) is 0. The van der Waals surface area contributed by atoms with Crippen molar-refractivity contribution in [3.05, 3.63) is 83.7 Å². The van der Waals surface area contributed by atoms with E-state index in [0.717, 1.165) is 27.8 Å². The third-order valence-corrected chi connectivity index (χ3v) is 8.56. The molecule has 9 nitrogen and oxygen atoms in total. The normalized spacial score (nSPS) is 11.3. The first-order valence-electron chi connectivity index (χ1n) is 11.5. The maximum atomic E-state index is 14.3. The minimum absolute atomic E-state index is 0.0206. The number of carbonyl (C=O) groups is 1. The van der Waals surface area contributed by atoms with Crippen LogP contribution >= 0.6 is 11.3 Å². The van der Waals surface area contributed by atoms with Crippen molar-refractivity contribution in [1.29, 1.82) is 10.5 Å². The van der Waals surface area contributed by atoms with E-state index in [4.69, 9.17) is 10.5 Å². The lowest BCUT2D eigenvalue weighted by atomic mass is 10.2. The molecule has 198 valence electrons. The standard InChI is InChI=1S/C26H20F2N6O3S2/c27-20-14-22(28)24-23(15-20)38-26(32-24)34(17-18-4-1-11-31-16-18)25(35)19-5-7-21(8-6-19)39(36,37)33(12-2-9-29)13-3-10-30/h1,4-8,11,14-16H,2-3,12-13,17H2. The van der Waals surface area contributed by atoms with E-state index < -0.39 is 27.6 Å². The van der Waals surface area contributed by atoms with Crippen LogP contribution in [-0.2, 0) is 16.6 Å². The number of nitriles is 2. The number of halogens is 2. The molecule has 0 fully saturated rings. The van der Waals surface area contributed by atoms with Crippen molar-refractivity contribution < 1.29 is 22.0 Å². The fourth-order valence-electron chi connectivity index (χ4n) is 3.74. The Labute approximate surface area is 227 Å². The quantitative estimate of drug-likeness (QED) is 0.273. The maximum Gasteiger partial charge on any atom is 0.260 e. The summed E-state index contributed by atoms with van der Waals surface area (Å²) in [6.07, 6.45) is 3.04. The minimum Gasteiger partial charge on any atom is -0.279 e. The van der Waals surface area contributed by atoms with Gasteiger partial charge in [-0.3, -0.25) is 14.7 Å². The highest BCUT2D eigenvalue weighted by atomic mass is 32.2. The van der Waals surface area contributed by atoms with E-state index in [9.17, 15) is 22.0 Å². The molecule has 0 spiro atoms. The molecule has 0 unspecified atom stereocenters. The molecule has 13 heteroatoms. The molecule has 39 heavy (non-hydrogen) atoms. The van der Waals surface area contributed by atoms with Crippen LogP contribution in [0.5, 0.6) is 0 Å². The van der Waals surface area contributed by atoms with E-state index in [1.807, 2.05) is 12.1 Å². The van der Waals surface area contributed by atoms with Crippen molar-refractivity contribution in [3.8, 4) is 12.1 Å². The number of thiazole rings is 1. The number of fused-ring (bicyclic) bond motifs is 1. The number of amides is 1. The third kappa shape index (κ3) is 6.23. The van der Waals surface area contributed by atoms with Gasteiger partial charge in [0, 0.05) is 50.0 Å².